The van der Waals surface area contributed by atoms with E-state index in [2.05, 4.69) is 0 Å². The van der Waals surface area contributed by atoms with E-state index < -0.39 is 11.7 Å². The minimum Gasteiger partial charge on any atom is -0.496 e. The van der Waals surface area contributed by atoms with Crippen molar-refractivity contribution in [1.29, 1.82) is 0 Å². The summed E-state index contributed by atoms with van der Waals surface area (Å²) in [5.41, 5.74) is 1.78. The van der Waals surface area contributed by atoms with E-state index in [1.54, 1.807) is 21.1 Å². The van der Waals surface area contributed by atoms with E-state index in [1.165, 1.54) is 0 Å². The lowest BCUT2D eigenvalue weighted by Gasteiger charge is -2.25. The van der Waals surface area contributed by atoms with E-state index in [1.807, 2.05) is 12.1 Å². The molecule has 0 saturated carbocycles. The fourth-order valence-electron chi connectivity index (χ4n) is 3.06. The van der Waals surface area contributed by atoms with Crippen LogP contribution in [-0.4, -0.2) is 31.0 Å². The third-order valence-corrected chi connectivity index (χ3v) is 4.17. The summed E-state index contributed by atoms with van der Waals surface area (Å²) in [6.45, 7) is 1.79. The molecule has 0 aromatic heterocycles. The molecule has 1 saturated heterocycles. The van der Waals surface area contributed by atoms with Crippen molar-refractivity contribution in [3.63, 3.8) is 0 Å². The zero-order valence-electron chi connectivity index (χ0n) is 10.9. The Hall–Kier alpha value is -1.26. The summed E-state index contributed by atoms with van der Waals surface area (Å²) in [6.07, 6.45) is 1.14. The molecular formula is C14H18O4. The van der Waals surface area contributed by atoms with E-state index in [9.17, 15) is 5.11 Å². The maximum Gasteiger partial charge on any atom is 0.125 e. The molecule has 1 fully saturated rings. The predicted octanol–water partition coefficient (Wildman–Crippen LogP) is 1.84. The number of rotatable bonds is 3. The van der Waals surface area contributed by atoms with Crippen molar-refractivity contribution in [3.05, 3.63) is 23.3 Å². The molecule has 0 bridgehead atoms. The number of hydrogen-bond donors (Lipinski definition) is 1. The Balaban J connectivity index is 2.10. The van der Waals surface area contributed by atoms with E-state index in [0.29, 0.717) is 0 Å². The Morgan fingerprint density at radius 1 is 1.33 bits per heavy atom. The number of methoxy groups -OCH3 is 2. The summed E-state index contributed by atoms with van der Waals surface area (Å²) in [7, 11) is 3.33. The van der Waals surface area contributed by atoms with Crippen LogP contribution in [0.15, 0.2) is 12.1 Å². The molecule has 0 spiro atoms. The van der Waals surface area contributed by atoms with Gasteiger partial charge in [0.05, 0.1) is 20.3 Å². The molecule has 0 amide bonds. The molecule has 3 rings (SSSR count). The number of ether oxygens (including phenoxy) is 3. The van der Waals surface area contributed by atoms with E-state index >= 15 is 0 Å². The Morgan fingerprint density at radius 3 is 2.61 bits per heavy atom. The van der Waals surface area contributed by atoms with Gasteiger partial charge < -0.3 is 19.3 Å². The van der Waals surface area contributed by atoms with Crippen molar-refractivity contribution < 1.29 is 19.3 Å². The number of epoxide rings is 1. The Kier molecular flexibility index (Phi) is 2.54. The standard InChI is InChI=1S/C14H18O4/c1-8(15)14-7-6-9-10(16-2)4-5-11(17-3)12(9)13(14)18-14/h4-5,8,13,15H,6-7H2,1-3H3. The zero-order chi connectivity index (χ0) is 12.9. The van der Waals surface area contributed by atoms with Crippen LogP contribution in [0.5, 0.6) is 11.5 Å². The maximum atomic E-state index is 9.90. The fourth-order valence-corrected chi connectivity index (χ4v) is 3.06. The smallest absolute Gasteiger partial charge is 0.125 e. The molecule has 2 aliphatic rings. The molecule has 4 nitrogen and oxygen atoms in total. The van der Waals surface area contributed by atoms with Crippen LogP contribution < -0.4 is 9.47 Å². The zero-order valence-corrected chi connectivity index (χ0v) is 10.9. The second-order valence-corrected chi connectivity index (χ2v) is 4.99. The first-order valence-electron chi connectivity index (χ1n) is 6.23. The molecule has 1 N–H and O–H groups in total. The molecule has 0 radical (unpaired) electrons. The fraction of sp³-hybridized carbons (Fsp3) is 0.571. The second-order valence-electron chi connectivity index (χ2n) is 4.99. The van der Waals surface area contributed by atoms with Crippen LogP contribution in [0, 0.1) is 0 Å². The van der Waals surface area contributed by atoms with Crippen molar-refractivity contribution in [3.8, 4) is 11.5 Å². The minimum atomic E-state index is -0.466. The molecule has 1 aliphatic carbocycles. The summed E-state index contributed by atoms with van der Waals surface area (Å²) in [5.74, 6) is 1.69. The molecule has 98 valence electrons. The third kappa shape index (κ3) is 1.39. The molecule has 3 unspecified atom stereocenters. The number of benzene rings is 1. The van der Waals surface area contributed by atoms with Crippen LogP contribution in [0.2, 0.25) is 0 Å². The van der Waals surface area contributed by atoms with Gasteiger partial charge in [-0.25, -0.2) is 0 Å². The quantitative estimate of drug-likeness (QED) is 0.832. The van der Waals surface area contributed by atoms with Crippen LogP contribution in [0.4, 0.5) is 0 Å². The van der Waals surface area contributed by atoms with Crippen LogP contribution in [0.3, 0.4) is 0 Å². The van der Waals surface area contributed by atoms with Crippen LogP contribution in [-0.2, 0) is 11.2 Å². The summed E-state index contributed by atoms with van der Waals surface area (Å²) in [6, 6.07) is 3.83. The Morgan fingerprint density at radius 2 is 2.00 bits per heavy atom. The van der Waals surface area contributed by atoms with Gasteiger partial charge in [0.1, 0.15) is 23.2 Å². The average Bonchev–Trinajstić information content (AvgIpc) is 3.13. The van der Waals surface area contributed by atoms with Gasteiger partial charge in [-0.05, 0) is 31.9 Å². The second kappa shape index (κ2) is 3.87. The highest BCUT2D eigenvalue weighted by molar-refractivity contribution is 5.54. The van der Waals surface area contributed by atoms with E-state index in [4.69, 9.17) is 14.2 Å². The lowest BCUT2D eigenvalue weighted by molar-refractivity contribution is 0.0841. The van der Waals surface area contributed by atoms with Crippen LogP contribution in [0.1, 0.15) is 30.6 Å². The lowest BCUT2D eigenvalue weighted by atomic mass is 9.80. The van der Waals surface area contributed by atoms with Gasteiger partial charge in [0.15, 0.2) is 0 Å². The van der Waals surface area contributed by atoms with Crippen LogP contribution in [0.25, 0.3) is 0 Å². The van der Waals surface area contributed by atoms with Crippen molar-refractivity contribution in [2.75, 3.05) is 14.2 Å². The van der Waals surface area contributed by atoms with E-state index in [-0.39, 0.29) is 6.10 Å². The summed E-state index contributed by atoms with van der Waals surface area (Å²) in [5, 5.41) is 9.90. The SMILES string of the molecule is COc1ccc(OC)c2c1CCC1(C(C)O)OC21. The molecule has 1 aromatic carbocycles. The first-order chi connectivity index (χ1) is 8.64. The molecule has 18 heavy (non-hydrogen) atoms. The van der Waals surface area contributed by atoms with Gasteiger partial charge in [-0.1, -0.05) is 0 Å². The Labute approximate surface area is 106 Å². The molecular weight excluding hydrogens is 232 g/mol. The normalized spacial score (nSPS) is 30.1. The molecule has 1 heterocycles. The van der Waals surface area contributed by atoms with E-state index in [0.717, 1.165) is 35.5 Å². The maximum absolute atomic E-state index is 9.90. The van der Waals surface area contributed by atoms with Crippen molar-refractivity contribution in [2.24, 2.45) is 0 Å². The molecule has 4 heteroatoms. The first kappa shape index (κ1) is 11.8. The van der Waals surface area contributed by atoms with Gasteiger partial charge in [0, 0.05) is 11.1 Å². The number of aliphatic hydroxyl groups is 1. The van der Waals surface area contributed by atoms with Gasteiger partial charge in [-0.3, -0.25) is 0 Å². The van der Waals surface area contributed by atoms with Gasteiger partial charge >= 0.3 is 0 Å². The van der Waals surface area contributed by atoms with Crippen LogP contribution >= 0.6 is 0 Å². The van der Waals surface area contributed by atoms with Gasteiger partial charge in [-0.2, -0.15) is 0 Å². The monoisotopic (exact) mass is 250 g/mol. The number of hydrogen-bond acceptors (Lipinski definition) is 4. The van der Waals surface area contributed by atoms with Crippen molar-refractivity contribution in [1.82, 2.24) is 0 Å². The molecule has 1 aliphatic heterocycles. The largest absolute Gasteiger partial charge is 0.496 e. The highest BCUT2D eigenvalue weighted by Gasteiger charge is 2.63. The van der Waals surface area contributed by atoms with Gasteiger partial charge in [0.25, 0.3) is 0 Å². The highest BCUT2D eigenvalue weighted by atomic mass is 16.6. The molecule has 1 aromatic rings. The van der Waals surface area contributed by atoms with Gasteiger partial charge in [0.2, 0.25) is 0 Å². The number of aliphatic hydroxyl groups excluding tert-OH is 1. The highest BCUT2D eigenvalue weighted by Crippen LogP contribution is 2.61. The lowest BCUT2D eigenvalue weighted by Crippen LogP contribution is -2.31. The average molecular weight is 250 g/mol. The van der Waals surface area contributed by atoms with Crippen molar-refractivity contribution in [2.45, 2.75) is 37.6 Å². The summed E-state index contributed by atoms with van der Waals surface area (Å²) < 4.78 is 16.6. The summed E-state index contributed by atoms with van der Waals surface area (Å²) >= 11 is 0. The number of fused-ring (bicyclic) bond motifs is 3. The minimum absolute atomic E-state index is 0.0636. The predicted molar refractivity (Wildman–Crippen MR) is 66.1 cm³/mol. The summed E-state index contributed by atoms with van der Waals surface area (Å²) in [4.78, 5) is 0. The third-order valence-electron chi connectivity index (χ3n) is 4.17. The molecule has 3 atom stereocenters. The van der Waals surface area contributed by atoms with Gasteiger partial charge in [-0.15, -0.1) is 0 Å². The van der Waals surface area contributed by atoms with Crippen molar-refractivity contribution >= 4 is 0 Å². The first-order valence-corrected chi connectivity index (χ1v) is 6.23. The Bertz CT molecular complexity index is 483. The topological polar surface area (TPSA) is 51.2 Å².